The van der Waals surface area contributed by atoms with E-state index in [2.05, 4.69) is 30.4 Å². The molecule has 1 saturated carbocycles. The van der Waals surface area contributed by atoms with E-state index in [1.807, 2.05) is 0 Å². The van der Waals surface area contributed by atoms with Gasteiger partial charge in [0.2, 0.25) is 0 Å². The third-order valence-corrected chi connectivity index (χ3v) is 4.91. The smallest absolute Gasteiger partial charge is 0.251 e. The van der Waals surface area contributed by atoms with Crippen molar-refractivity contribution in [1.29, 1.82) is 0 Å². The van der Waals surface area contributed by atoms with Gasteiger partial charge < -0.3 is 14.8 Å². The molecule has 1 spiro atoms. The fourth-order valence-corrected chi connectivity index (χ4v) is 3.70. The summed E-state index contributed by atoms with van der Waals surface area (Å²) in [7, 11) is 0. The van der Waals surface area contributed by atoms with Gasteiger partial charge in [0.25, 0.3) is 5.79 Å². The highest BCUT2D eigenvalue weighted by Crippen LogP contribution is 2.48. The molecule has 1 unspecified atom stereocenters. The van der Waals surface area contributed by atoms with Crippen LogP contribution < -0.4 is 14.8 Å². The summed E-state index contributed by atoms with van der Waals surface area (Å²) in [5.74, 6) is 1.52. The minimum Gasteiger partial charge on any atom is -0.448 e. The molecular formula is C16H21NO2. The van der Waals surface area contributed by atoms with Gasteiger partial charge in [-0.05, 0) is 56.8 Å². The first-order chi connectivity index (χ1) is 9.19. The van der Waals surface area contributed by atoms with Crippen LogP contribution in [0, 0.1) is 0 Å². The molecule has 2 heterocycles. The summed E-state index contributed by atoms with van der Waals surface area (Å²) in [6.07, 6.45) is 6.89. The monoisotopic (exact) mass is 259 g/mol. The topological polar surface area (TPSA) is 30.5 Å². The van der Waals surface area contributed by atoms with Crippen LogP contribution in [-0.4, -0.2) is 12.3 Å². The lowest BCUT2D eigenvalue weighted by atomic mass is 9.90. The van der Waals surface area contributed by atoms with Gasteiger partial charge in [0.05, 0.1) is 0 Å². The Morgan fingerprint density at radius 1 is 1.00 bits per heavy atom. The number of ether oxygens (including phenoxy) is 2. The quantitative estimate of drug-likeness (QED) is 0.839. The highest BCUT2D eigenvalue weighted by Gasteiger charge is 2.44. The van der Waals surface area contributed by atoms with E-state index in [1.165, 1.54) is 31.2 Å². The van der Waals surface area contributed by atoms with E-state index in [9.17, 15) is 0 Å². The first kappa shape index (κ1) is 11.6. The van der Waals surface area contributed by atoms with E-state index in [0.717, 1.165) is 30.9 Å². The van der Waals surface area contributed by atoms with Gasteiger partial charge >= 0.3 is 0 Å². The van der Waals surface area contributed by atoms with Gasteiger partial charge in [0.15, 0.2) is 11.5 Å². The maximum atomic E-state index is 6.15. The number of hydrogen-bond acceptors (Lipinski definition) is 3. The Morgan fingerprint density at radius 3 is 2.53 bits per heavy atom. The summed E-state index contributed by atoms with van der Waals surface area (Å²) >= 11 is 0. The second-order valence-corrected chi connectivity index (χ2v) is 6.35. The summed E-state index contributed by atoms with van der Waals surface area (Å²) in [6.45, 7) is 3.39. The lowest BCUT2D eigenvalue weighted by Crippen LogP contribution is -2.34. The Morgan fingerprint density at radius 2 is 1.79 bits per heavy atom. The van der Waals surface area contributed by atoms with E-state index in [-0.39, 0.29) is 11.3 Å². The van der Waals surface area contributed by atoms with Crippen molar-refractivity contribution < 1.29 is 9.47 Å². The molecular weight excluding hydrogens is 238 g/mol. The zero-order valence-corrected chi connectivity index (χ0v) is 11.5. The highest BCUT2D eigenvalue weighted by atomic mass is 16.7. The predicted molar refractivity (Wildman–Crippen MR) is 73.5 cm³/mol. The van der Waals surface area contributed by atoms with Gasteiger partial charge in [-0.2, -0.15) is 0 Å². The van der Waals surface area contributed by atoms with Gasteiger partial charge in [-0.25, -0.2) is 0 Å². The Balaban J connectivity index is 1.66. The maximum absolute atomic E-state index is 6.15. The molecule has 1 aromatic carbocycles. The fraction of sp³-hybridized carbons (Fsp3) is 0.625. The number of nitrogens with one attached hydrogen (secondary N) is 1. The molecule has 0 bridgehead atoms. The van der Waals surface area contributed by atoms with Crippen LogP contribution >= 0.6 is 0 Å². The predicted octanol–water partition coefficient (Wildman–Crippen LogP) is 3.33. The summed E-state index contributed by atoms with van der Waals surface area (Å²) < 4.78 is 12.2. The first-order valence-electron chi connectivity index (χ1n) is 7.47. The van der Waals surface area contributed by atoms with Crippen molar-refractivity contribution >= 4 is 0 Å². The average molecular weight is 259 g/mol. The van der Waals surface area contributed by atoms with Gasteiger partial charge in [-0.15, -0.1) is 0 Å². The Bertz CT molecular complexity index is 499. The van der Waals surface area contributed by atoms with Crippen molar-refractivity contribution in [3.8, 4) is 11.5 Å². The van der Waals surface area contributed by atoms with Crippen molar-refractivity contribution in [3.63, 3.8) is 0 Å². The van der Waals surface area contributed by atoms with Crippen molar-refractivity contribution in [2.24, 2.45) is 0 Å². The van der Waals surface area contributed by atoms with Crippen LogP contribution in [0.5, 0.6) is 11.5 Å². The van der Waals surface area contributed by atoms with Crippen LogP contribution in [0.3, 0.4) is 0 Å². The second kappa shape index (κ2) is 3.89. The number of benzene rings is 1. The molecule has 102 valence electrons. The minimum atomic E-state index is -0.342. The van der Waals surface area contributed by atoms with E-state index in [1.54, 1.807) is 0 Å². The van der Waals surface area contributed by atoms with E-state index in [4.69, 9.17) is 9.47 Å². The van der Waals surface area contributed by atoms with E-state index < -0.39 is 0 Å². The van der Waals surface area contributed by atoms with Crippen molar-refractivity contribution in [3.05, 3.63) is 23.8 Å². The zero-order valence-electron chi connectivity index (χ0n) is 11.5. The standard InChI is InChI=1S/C16H21NO2/c1-15(7-4-10-17-15)12-5-6-13-14(11-12)19-16(18-13)8-2-3-9-16/h5-6,11,17H,2-4,7-10H2,1H3. The SMILES string of the molecule is CC1(c2ccc3c(c2)OC2(CCCC2)O3)CCCN1. The summed E-state index contributed by atoms with van der Waals surface area (Å²) in [6, 6.07) is 6.46. The molecule has 1 aromatic rings. The molecule has 0 radical (unpaired) electrons. The lowest BCUT2D eigenvalue weighted by molar-refractivity contribution is -0.0716. The number of fused-ring (bicyclic) bond motifs is 1. The molecule has 2 fully saturated rings. The third kappa shape index (κ3) is 1.75. The lowest BCUT2D eigenvalue weighted by Gasteiger charge is -2.25. The Labute approximate surface area is 114 Å². The molecule has 1 saturated heterocycles. The summed E-state index contributed by atoms with van der Waals surface area (Å²) in [4.78, 5) is 0. The Kier molecular flexibility index (Phi) is 2.37. The number of hydrogen-bond donors (Lipinski definition) is 1. The van der Waals surface area contributed by atoms with Crippen LogP contribution in [0.4, 0.5) is 0 Å². The van der Waals surface area contributed by atoms with Crippen molar-refractivity contribution in [2.45, 2.75) is 56.8 Å². The van der Waals surface area contributed by atoms with Crippen LogP contribution in [0.25, 0.3) is 0 Å². The largest absolute Gasteiger partial charge is 0.448 e. The molecule has 1 atom stereocenters. The molecule has 4 rings (SSSR count). The molecule has 3 heteroatoms. The number of rotatable bonds is 1. The third-order valence-electron chi connectivity index (χ3n) is 4.91. The van der Waals surface area contributed by atoms with Crippen LogP contribution in [-0.2, 0) is 5.54 Å². The van der Waals surface area contributed by atoms with E-state index >= 15 is 0 Å². The molecule has 19 heavy (non-hydrogen) atoms. The van der Waals surface area contributed by atoms with Crippen molar-refractivity contribution in [1.82, 2.24) is 5.32 Å². The zero-order chi connectivity index (χ0) is 12.9. The van der Waals surface area contributed by atoms with Crippen LogP contribution in [0.15, 0.2) is 18.2 Å². The summed E-state index contributed by atoms with van der Waals surface area (Å²) in [5, 5.41) is 3.61. The van der Waals surface area contributed by atoms with Crippen LogP contribution in [0.2, 0.25) is 0 Å². The Hall–Kier alpha value is -1.22. The molecule has 0 amide bonds. The average Bonchev–Trinajstić information content (AvgIpc) is 3.10. The van der Waals surface area contributed by atoms with Gasteiger partial charge in [-0.3, -0.25) is 0 Å². The molecule has 1 N–H and O–H groups in total. The van der Waals surface area contributed by atoms with Crippen molar-refractivity contribution in [2.75, 3.05) is 6.54 Å². The molecule has 1 aliphatic carbocycles. The summed E-state index contributed by atoms with van der Waals surface area (Å²) in [5.41, 5.74) is 1.42. The maximum Gasteiger partial charge on any atom is 0.251 e. The first-order valence-corrected chi connectivity index (χ1v) is 7.47. The minimum absolute atomic E-state index is 0.101. The fourth-order valence-electron chi connectivity index (χ4n) is 3.70. The van der Waals surface area contributed by atoms with Gasteiger partial charge in [-0.1, -0.05) is 6.07 Å². The van der Waals surface area contributed by atoms with Gasteiger partial charge in [0, 0.05) is 18.4 Å². The molecule has 3 nitrogen and oxygen atoms in total. The second-order valence-electron chi connectivity index (χ2n) is 6.35. The molecule has 0 aromatic heterocycles. The van der Waals surface area contributed by atoms with Crippen LogP contribution in [0.1, 0.15) is 51.0 Å². The molecule has 3 aliphatic rings. The van der Waals surface area contributed by atoms with E-state index in [0.29, 0.717) is 0 Å². The normalized spacial score (nSPS) is 31.2. The van der Waals surface area contributed by atoms with Gasteiger partial charge in [0.1, 0.15) is 0 Å². The molecule has 2 aliphatic heterocycles. The highest BCUT2D eigenvalue weighted by molar-refractivity contribution is 5.48.